The summed E-state index contributed by atoms with van der Waals surface area (Å²) >= 11 is 9.63. The van der Waals surface area contributed by atoms with Crippen LogP contribution in [-0.4, -0.2) is 47.6 Å². The van der Waals surface area contributed by atoms with Gasteiger partial charge in [0.05, 0.1) is 5.02 Å². The number of ether oxygens (including phenoxy) is 1. The molecule has 6 atom stereocenters. The number of hydrogen-bond donors (Lipinski definition) is 3. The molecule has 2 aliphatic carbocycles. The van der Waals surface area contributed by atoms with Crippen molar-refractivity contribution in [1.29, 1.82) is 0 Å². The first-order chi connectivity index (χ1) is 15.7. The third kappa shape index (κ3) is 3.10. The summed E-state index contributed by atoms with van der Waals surface area (Å²) in [6.07, 6.45) is 5.72. The molecule has 33 heavy (non-hydrogen) atoms. The number of allylic oxidation sites excluding steroid dienone is 3. The van der Waals surface area contributed by atoms with Crippen LogP contribution in [0.3, 0.4) is 0 Å². The van der Waals surface area contributed by atoms with Gasteiger partial charge in [0.1, 0.15) is 22.8 Å². The van der Waals surface area contributed by atoms with Gasteiger partial charge in [0, 0.05) is 28.6 Å². The van der Waals surface area contributed by atoms with Gasteiger partial charge in [0.25, 0.3) is 0 Å². The molecule has 0 bridgehead atoms. The molecule has 0 amide bonds. The predicted octanol–water partition coefficient (Wildman–Crippen LogP) is 2.98. The van der Waals surface area contributed by atoms with Crippen LogP contribution in [0.4, 0.5) is 0 Å². The highest BCUT2D eigenvalue weighted by Gasteiger charge is 2.80. The molecule has 3 aliphatic rings. The third-order valence-electron chi connectivity index (χ3n) is 6.99. The first kappa shape index (κ1) is 23.0. The largest absolute Gasteiger partial charge is 0.480 e. The molecule has 7 nitrogen and oxygen atoms in total. The first-order valence-corrected chi connectivity index (χ1v) is 13.1. The van der Waals surface area contributed by atoms with Crippen molar-refractivity contribution < 1.29 is 23.4 Å². The van der Waals surface area contributed by atoms with Crippen LogP contribution in [0.1, 0.15) is 23.6 Å². The number of nitrogens with one attached hydrogen (secondary N) is 1. The van der Waals surface area contributed by atoms with Crippen LogP contribution in [-0.2, 0) is 15.6 Å². The van der Waals surface area contributed by atoms with Crippen LogP contribution in [0, 0.1) is 5.92 Å². The fourth-order valence-corrected chi connectivity index (χ4v) is 7.66. The molecule has 174 valence electrons. The van der Waals surface area contributed by atoms with Crippen LogP contribution in [0.2, 0.25) is 5.02 Å². The molecule has 0 saturated heterocycles. The van der Waals surface area contributed by atoms with E-state index in [1.807, 2.05) is 24.3 Å². The maximum atomic E-state index is 13.3. The molecule has 1 saturated carbocycles. The van der Waals surface area contributed by atoms with Gasteiger partial charge in [-0.25, -0.2) is 13.1 Å². The van der Waals surface area contributed by atoms with Crippen LogP contribution in [0.5, 0.6) is 5.75 Å². The van der Waals surface area contributed by atoms with Gasteiger partial charge in [0.15, 0.2) is 11.2 Å². The Hall–Kier alpha value is -1.75. The van der Waals surface area contributed by atoms with Crippen molar-refractivity contribution in [3.8, 4) is 5.75 Å². The van der Waals surface area contributed by atoms with Crippen LogP contribution in [0.15, 0.2) is 65.3 Å². The highest BCUT2D eigenvalue weighted by molar-refractivity contribution is 9.11. The van der Waals surface area contributed by atoms with E-state index in [9.17, 15) is 18.6 Å². The molecular weight excluding hydrogens is 532 g/mol. The fraction of sp³-hybridized carbons (Fsp3) is 0.348. The summed E-state index contributed by atoms with van der Waals surface area (Å²) in [5.41, 5.74) is -2.98. The third-order valence-corrected chi connectivity index (χ3v) is 9.60. The van der Waals surface area contributed by atoms with Gasteiger partial charge >= 0.3 is 0 Å². The second kappa shape index (κ2) is 7.90. The molecule has 3 N–H and O–H groups in total. The minimum Gasteiger partial charge on any atom is -0.480 e. The lowest BCUT2D eigenvalue weighted by atomic mass is 9.67. The highest BCUT2D eigenvalue weighted by Crippen LogP contribution is 2.66. The average molecular weight is 554 g/mol. The Labute approximate surface area is 205 Å². The van der Waals surface area contributed by atoms with Crippen molar-refractivity contribution in [2.75, 3.05) is 7.05 Å². The van der Waals surface area contributed by atoms with Gasteiger partial charge in [-0.15, -0.1) is 0 Å². The summed E-state index contributed by atoms with van der Waals surface area (Å²) in [7, 11) is -2.77. The molecule has 10 heteroatoms. The second-order valence-electron chi connectivity index (χ2n) is 8.50. The van der Waals surface area contributed by atoms with Gasteiger partial charge < -0.3 is 14.9 Å². The van der Waals surface area contributed by atoms with Crippen molar-refractivity contribution in [3.63, 3.8) is 0 Å². The summed E-state index contributed by atoms with van der Waals surface area (Å²) in [5, 5.41) is 22.8. The zero-order valence-electron chi connectivity index (χ0n) is 17.5. The molecule has 1 aliphatic heterocycles. The van der Waals surface area contributed by atoms with Gasteiger partial charge in [-0.3, -0.25) is 4.98 Å². The minimum atomic E-state index is -4.07. The summed E-state index contributed by atoms with van der Waals surface area (Å²) < 4.78 is 36.3. The van der Waals surface area contributed by atoms with E-state index < -0.39 is 44.4 Å². The van der Waals surface area contributed by atoms with Crippen LogP contribution >= 0.6 is 27.5 Å². The fourth-order valence-electron chi connectivity index (χ4n) is 5.65. The van der Waals surface area contributed by atoms with Gasteiger partial charge in [-0.1, -0.05) is 76.1 Å². The van der Waals surface area contributed by atoms with Gasteiger partial charge in [0.2, 0.25) is 10.0 Å². The number of halogens is 2. The van der Waals surface area contributed by atoms with Crippen LogP contribution < -0.4 is 9.46 Å². The number of sulfonamides is 1. The Morgan fingerprint density at radius 1 is 1.30 bits per heavy atom. The van der Waals surface area contributed by atoms with Crippen molar-refractivity contribution in [2.45, 2.75) is 34.9 Å². The van der Waals surface area contributed by atoms with E-state index in [1.54, 1.807) is 24.3 Å². The van der Waals surface area contributed by atoms with E-state index in [-0.39, 0.29) is 11.4 Å². The summed E-state index contributed by atoms with van der Waals surface area (Å²) in [6.45, 7) is 0. The van der Waals surface area contributed by atoms with E-state index in [0.29, 0.717) is 17.0 Å². The van der Waals surface area contributed by atoms with E-state index >= 15 is 0 Å². The molecule has 5 rings (SSSR count). The van der Waals surface area contributed by atoms with Crippen molar-refractivity contribution >= 4 is 37.6 Å². The molecule has 1 unspecified atom stereocenters. The molecule has 2 aromatic rings. The number of nitrogens with zero attached hydrogens (tertiary/aromatic N) is 1. The Kier molecular flexibility index (Phi) is 5.51. The van der Waals surface area contributed by atoms with Crippen LogP contribution in [0.25, 0.3) is 0 Å². The highest BCUT2D eigenvalue weighted by atomic mass is 79.9. The Balaban J connectivity index is 1.84. The molecule has 1 aromatic heterocycles. The van der Waals surface area contributed by atoms with Crippen molar-refractivity contribution in [2.24, 2.45) is 5.92 Å². The molecule has 0 spiro atoms. The summed E-state index contributed by atoms with van der Waals surface area (Å²) in [5.74, 6) is -1.18. The number of hydrogen-bond acceptors (Lipinski definition) is 6. The van der Waals surface area contributed by atoms with E-state index in [0.717, 1.165) is 4.48 Å². The molecule has 1 fully saturated rings. The Morgan fingerprint density at radius 3 is 2.67 bits per heavy atom. The molecule has 0 radical (unpaired) electrons. The maximum absolute atomic E-state index is 13.3. The summed E-state index contributed by atoms with van der Waals surface area (Å²) in [6, 6.07) is 10.5. The number of aliphatic hydroxyl groups excluding tert-OH is 1. The number of fused-ring (bicyclic) bond motifs is 3. The van der Waals surface area contributed by atoms with E-state index in [4.69, 9.17) is 16.3 Å². The SMILES string of the molecule is CNS(=O)(=O)[C@H]1[C@@H](O)[C@@]2(O)c3ncc(Cl)cc3O[C@@]2(C2C=CC(Br)=CC2)[C@@H]1c1ccccc1. The lowest BCUT2D eigenvalue weighted by molar-refractivity contribution is -0.162. The maximum Gasteiger partial charge on any atom is 0.217 e. The number of aromatic nitrogens is 1. The van der Waals surface area contributed by atoms with Crippen molar-refractivity contribution in [1.82, 2.24) is 9.71 Å². The van der Waals surface area contributed by atoms with Crippen molar-refractivity contribution in [3.05, 3.63) is 81.6 Å². The zero-order chi connectivity index (χ0) is 23.6. The first-order valence-electron chi connectivity index (χ1n) is 10.4. The normalized spacial score (nSPS) is 35.0. The topological polar surface area (TPSA) is 109 Å². The summed E-state index contributed by atoms with van der Waals surface area (Å²) in [4.78, 5) is 4.32. The standard InChI is InChI=1S/C23H22BrClN2O5S/c1-26-33(30,31)19-18(13-5-3-2-4-6-13)23(14-7-9-15(24)10-8-14)22(29,21(19)28)20-17(32-23)11-16(25)12-27-20/h2-7,9-12,14,18-19,21,26,28-29H,8H2,1H3/t14?,18-,19-,21-,22+,23+/m1/s1. The zero-order valence-corrected chi connectivity index (χ0v) is 20.7. The average Bonchev–Trinajstić information content (AvgIpc) is 3.18. The number of benzene rings is 1. The number of pyridine rings is 1. The molecular formula is C23H22BrClN2O5S. The second-order valence-corrected chi connectivity index (χ2v) is 11.9. The monoisotopic (exact) mass is 552 g/mol. The predicted molar refractivity (Wildman–Crippen MR) is 128 cm³/mol. The molecule has 2 heterocycles. The lowest BCUT2D eigenvalue weighted by Gasteiger charge is -2.44. The van der Waals surface area contributed by atoms with E-state index in [1.165, 1.54) is 19.3 Å². The van der Waals surface area contributed by atoms with Gasteiger partial charge in [-0.2, -0.15) is 0 Å². The minimum absolute atomic E-state index is 0.0798. The Bertz CT molecular complexity index is 1270. The smallest absolute Gasteiger partial charge is 0.217 e. The number of aliphatic hydroxyl groups is 2. The van der Waals surface area contributed by atoms with E-state index in [2.05, 4.69) is 25.6 Å². The van der Waals surface area contributed by atoms with Gasteiger partial charge in [-0.05, 0) is 19.0 Å². The lowest BCUT2D eigenvalue weighted by Crippen LogP contribution is -2.58. The molecule has 1 aromatic carbocycles. The Morgan fingerprint density at radius 2 is 2.03 bits per heavy atom. The number of rotatable bonds is 4. The quantitative estimate of drug-likeness (QED) is 0.537.